The minimum Gasteiger partial charge on any atom is -0.480 e. The number of carbonyl (C=O) groups is 1. The average molecular weight is 279 g/mol. The van der Waals surface area contributed by atoms with Gasteiger partial charge in [0.1, 0.15) is 5.54 Å². The Labute approximate surface area is 118 Å². The van der Waals surface area contributed by atoms with Crippen LogP contribution in [-0.2, 0) is 4.79 Å². The SMILES string of the molecule is CCC1(C(=O)O)CCCN1C(c1cccs1)C1CC1. The van der Waals surface area contributed by atoms with Crippen molar-refractivity contribution in [3.05, 3.63) is 22.4 Å². The number of carboxylic acids is 1. The van der Waals surface area contributed by atoms with Crippen molar-refractivity contribution in [3.8, 4) is 0 Å². The third-order valence-electron chi connectivity index (χ3n) is 4.76. The molecule has 2 heterocycles. The highest BCUT2D eigenvalue weighted by atomic mass is 32.1. The van der Waals surface area contributed by atoms with E-state index in [-0.39, 0.29) is 0 Å². The zero-order valence-corrected chi connectivity index (χ0v) is 12.2. The van der Waals surface area contributed by atoms with E-state index in [1.807, 2.05) is 6.92 Å². The topological polar surface area (TPSA) is 40.5 Å². The van der Waals surface area contributed by atoms with Crippen LogP contribution in [0.15, 0.2) is 17.5 Å². The smallest absolute Gasteiger partial charge is 0.324 e. The molecule has 1 aliphatic heterocycles. The molecule has 19 heavy (non-hydrogen) atoms. The Hall–Kier alpha value is -0.870. The molecule has 2 atom stereocenters. The fraction of sp³-hybridized carbons (Fsp3) is 0.667. The molecule has 104 valence electrons. The number of aliphatic carboxylic acids is 1. The zero-order valence-electron chi connectivity index (χ0n) is 11.3. The molecule has 0 aromatic carbocycles. The van der Waals surface area contributed by atoms with Gasteiger partial charge in [0.25, 0.3) is 0 Å². The molecule has 1 aromatic rings. The number of hydrogen-bond acceptors (Lipinski definition) is 3. The van der Waals surface area contributed by atoms with Crippen molar-refractivity contribution in [2.45, 2.75) is 50.6 Å². The second kappa shape index (κ2) is 4.91. The van der Waals surface area contributed by atoms with E-state index in [1.165, 1.54) is 17.7 Å². The number of nitrogens with zero attached hydrogens (tertiary/aromatic N) is 1. The third-order valence-corrected chi connectivity index (χ3v) is 5.70. The van der Waals surface area contributed by atoms with Gasteiger partial charge in [0, 0.05) is 10.9 Å². The summed E-state index contributed by atoms with van der Waals surface area (Å²) in [4.78, 5) is 15.5. The van der Waals surface area contributed by atoms with Crippen LogP contribution in [-0.4, -0.2) is 28.1 Å². The molecular weight excluding hydrogens is 258 g/mol. The molecule has 3 rings (SSSR count). The monoisotopic (exact) mass is 279 g/mol. The van der Waals surface area contributed by atoms with E-state index in [4.69, 9.17) is 0 Å². The van der Waals surface area contributed by atoms with Gasteiger partial charge in [-0.3, -0.25) is 9.69 Å². The number of thiophene rings is 1. The van der Waals surface area contributed by atoms with Crippen LogP contribution >= 0.6 is 11.3 Å². The summed E-state index contributed by atoms with van der Waals surface area (Å²) >= 11 is 1.77. The lowest BCUT2D eigenvalue weighted by Crippen LogP contribution is -2.51. The van der Waals surface area contributed by atoms with Crippen LogP contribution < -0.4 is 0 Å². The summed E-state index contributed by atoms with van der Waals surface area (Å²) in [6.45, 7) is 2.95. The second-order valence-corrected chi connectivity index (χ2v) is 6.76. The normalized spacial score (nSPS) is 29.5. The molecule has 1 N–H and O–H groups in total. The van der Waals surface area contributed by atoms with Crippen LogP contribution in [0.3, 0.4) is 0 Å². The zero-order chi connectivity index (χ0) is 13.5. The molecule has 1 saturated heterocycles. The van der Waals surface area contributed by atoms with Gasteiger partial charge >= 0.3 is 5.97 Å². The van der Waals surface area contributed by atoms with Crippen LogP contribution in [0, 0.1) is 5.92 Å². The van der Waals surface area contributed by atoms with E-state index in [1.54, 1.807) is 11.3 Å². The van der Waals surface area contributed by atoms with Crippen molar-refractivity contribution < 1.29 is 9.90 Å². The minimum atomic E-state index is -0.630. The van der Waals surface area contributed by atoms with E-state index in [2.05, 4.69) is 22.4 Å². The maximum Gasteiger partial charge on any atom is 0.324 e. The fourth-order valence-electron chi connectivity index (χ4n) is 3.58. The van der Waals surface area contributed by atoms with Gasteiger partial charge in [0.2, 0.25) is 0 Å². The summed E-state index contributed by atoms with van der Waals surface area (Å²) in [5.74, 6) is 0.0386. The number of likely N-dealkylation sites (tertiary alicyclic amines) is 1. The highest BCUT2D eigenvalue weighted by Gasteiger charge is 2.52. The predicted octanol–water partition coefficient (Wildman–Crippen LogP) is 3.53. The molecule has 1 aromatic heterocycles. The molecule has 0 bridgehead atoms. The van der Waals surface area contributed by atoms with Gasteiger partial charge in [0.05, 0.1) is 0 Å². The highest BCUT2D eigenvalue weighted by molar-refractivity contribution is 7.10. The standard InChI is InChI=1S/C15H21NO2S/c1-2-15(14(17)18)8-4-9-16(15)13(11-6-7-11)12-5-3-10-19-12/h3,5,10-11,13H,2,4,6-9H2,1H3,(H,17,18). The van der Waals surface area contributed by atoms with Crippen molar-refractivity contribution in [2.24, 2.45) is 5.92 Å². The van der Waals surface area contributed by atoms with E-state index < -0.39 is 11.5 Å². The Bertz CT molecular complexity index is 455. The van der Waals surface area contributed by atoms with E-state index in [0.717, 1.165) is 19.4 Å². The Morgan fingerprint density at radius 2 is 2.42 bits per heavy atom. The van der Waals surface area contributed by atoms with Gasteiger partial charge in [-0.2, -0.15) is 0 Å². The highest BCUT2D eigenvalue weighted by Crippen LogP contribution is 2.51. The molecule has 0 spiro atoms. The fourth-order valence-corrected chi connectivity index (χ4v) is 4.51. The summed E-state index contributed by atoms with van der Waals surface area (Å²) in [6, 6.07) is 4.59. The second-order valence-electron chi connectivity index (χ2n) is 5.78. The number of hydrogen-bond donors (Lipinski definition) is 1. The van der Waals surface area contributed by atoms with Crippen LogP contribution in [0.1, 0.15) is 49.9 Å². The summed E-state index contributed by atoms with van der Waals surface area (Å²) in [7, 11) is 0. The average Bonchev–Trinajstić information content (AvgIpc) is 2.93. The van der Waals surface area contributed by atoms with Gasteiger partial charge in [-0.05, 0) is 56.0 Å². The Kier molecular flexibility index (Phi) is 3.39. The maximum absolute atomic E-state index is 11.8. The van der Waals surface area contributed by atoms with E-state index in [9.17, 15) is 9.90 Å². The van der Waals surface area contributed by atoms with Crippen LogP contribution in [0.25, 0.3) is 0 Å². The van der Waals surface area contributed by atoms with E-state index >= 15 is 0 Å². The van der Waals surface area contributed by atoms with Crippen molar-refractivity contribution in [3.63, 3.8) is 0 Å². The first-order chi connectivity index (χ1) is 9.19. The first-order valence-corrected chi connectivity index (χ1v) is 8.10. The molecule has 1 saturated carbocycles. The van der Waals surface area contributed by atoms with Crippen molar-refractivity contribution >= 4 is 17.3 Å². The quantitative estimate of drug-likeness (QED) is 0.896. The Morgan fingerprint density at radius 3 is 2.95 bits per heavy atom. The number of carboxylic acid groups (broad SMARTS) is 1. The molecule has 2 aliphatic rings. The molecule has 0 amide bonds. The summed E-state index contributed by atoms with van der Waals surface area (Å²) in [5, 5.41) is 11.9. The molecule has 3 nitrogen and oxygen atoms in total. The molecule has 2 fully saturated rings. The molecule has 2 unspecified atom stereocenters. The lowest BCUT2D eigenvalue weighted by atomic mass is 9.90. The van der Waals surface area contributed by atoms with Crippen LogP contribution in [0.4, 0.5) is 0 Å². The van der Waals surface area contributed by atoms with Crippen LogP contribution in [0.5, 0.6) is 0 Å². The van der Waals surface area contributed by atoms with Gasteiger partial charge < -0.3 is 5.11 Å². The van der Waals surface area contributed by atoms with Crippen LogP contribution in [0.2, 0.25) is 0 Å². The molecule has 4 heteroatoms. The molecule has 1 aliphatic carbocycles. The predicted molar refractivity (Wildman–Crippen MR) is 76.4 cm³/mol. The first kappa shape index (κ1) is 13.1. The van der Waals surface area contributed by atoms with Crippen molar-refractivity contribution in [1.29, 1.82) is 0 Å². The molecule has 0 radical (unpaired) electrons. The summed E-state index contributed by atoms with van der Waals surface area (Å²) < 4.78 is 0. The van der Waals surface area contributed by atoms with E-state index in [0.29, 0.717) is 18.4 Å². The van der Waals surface area contributed by atoms with Gasteiger partial charge in [-0.25, -0.2) is 0 Å². The largest absolute Gasteiger partial charge is 0.480 e. The first-order valence-electron chi connectivity index (χ1n) is 7.22. The molecular formula is C15H21NO2S. The van der Waals surface area contributed by atoms with Gasteiger partial charge in [0.15, 0.2) is 0 Å². The Balaban J connectivity index is 1.95. The Morgan fingerprint density at radius 1 is 1.63 bits per heavy atom. The lowest BCUT2D eigenvalue weighted by Gasteiger charge is -2.39. The summed E-state index contributed by atoms with van der Waals surface area (Å²) in [5.41, 5.74) is -0.628. The van der Waals surface area contributed by atoms with Gasteiger partial charge in [-0.15, -0.1) is 11.3 Å². The van der Waals surface area contributed by atoms with Crippen molar-refractivity contribution in [2.75, 3.05) is 6.54 Å². The van der Waals surface area contributed by atoms with Crippen molar-refractivity contribution in [1.82, 2.24) is 4.90 Å². The summed E-state index contributed by atoms with van der Waals surface area (Å²) in [6.07, 6.45) is 5.01. The number of rotatable bonds is 5. The van der Waals surface area contributed by atoms with Gasteiger partial charge in [-0.1, -0.05) is 13.0 Å². The maximum atomic E-state index is 11.8. The third kappa shape index (κ3) is 2.11. The lowest BCUT2D eigenvalue weighted by molar-refractivity contribution is -0.152. The minimum absolute atomic E-state index is 0.332.